The molecule has 4 aromatic rings. The van der Waals surface area contributed by atoms with Gasteiger partial charge in [-0.25, -0.2) is 14.6 Å². The van der Waals surface area contributed by atoms with Crippen LogP contribution in [0.25, 0.3) is 27.2 Å². The second-order valence-electron chi connectivity index (χ2n) is 5.68. The summed E-state index contributed by atoms with van der Waals surface area (Å²) in [7, 11) is 0. The van der Waals surface area contributed by atoms with E-state index in [1.54, 1.807) is 0 Å². The predicted octanol–water partition coefficient (Wildman–Crippen LogP) is 4.34. The zero-order valence-corrected chi connectivity index (χ0v) is 14.8. The van der Waals surface area contributed by atoms with E-state index in [1.807, 2.05) is 48.5 Å². The van der Waals surface area contributed by atoms with Crippen molar-refractivity contribution in [2.45, 2.75) is 0 Å². The smallest absolute Gasteiger partial charge is 0.357 e. The summed E-state index contributed by atoms with van der Waals surface area (Å²) >= 11 is 3.63. The number of fused-ring (bicyclic) bond motifs is 2. The molecule has 0 fully saturated rings. The molecule has 3 aromatic carbocycles. The molecule has 1 aromatic heterocycles. The topological polar surface area (TPSA) is 92.4 Å². The van der Waals surface area contributed by atoms with Crippen molar-refractivity contribution in [1.82, 2.24) is 9.55 Å². The van der Waals surface area contributed by atoms with E-state index in [2.05, 4.69) is 20.9 Å². The van der Waals surface area contributed by atoms with Crippen LogP contribution in [0.1, 0.15) is 21.0 Å². The zero-order chi connectivity index (χ0) is 18.4. The van der Waals surface area contributed by atoms with Gasteiger partial charge < -0.3 is 10.2 Å². The van der Waals surface area contributed by atoms with E-state index in [0.717, 1.165) is 26.0 Å². The minimum atomic E-state index is -1.38. The summed E-state index contributed by atoms with van der Waals surface area (Å²) in [4.78, 5) is 27.0. The van der Waals surface area contributed by atoms with Crippen molar-refractivity contribution < 1.29 is 19.8 Å². The standard InChI is InChI=1S/C19H11BrN2O4/c20-14-10-5-1-3-7-12(10)16(13-8-4-2-6-11(13)14)22-9-21-15(18(23)24)17(22)19(25)26/h1-9H,(H,23,24)(H,25,26). The number of hydrogen-bond donors (Lipinski definition) is 2. The molecule has 6 nitrogen and oxygen atoms in total. The molecular weight excluding hydrogens is 400 g/mol. The Kier molecular flexibility index (Phi) is 3.73. The first-order valence-corrected chi connectivity index (χ1v) is 8.43. The molecule has 7 heteroatoms. The van der Waals surface area contributed by atoms with Crippen LogP contribution >= 0.6 is 15.9 Å². The van der Waals surface area contributed by atoms with E-state index < -0.39 is 17.6 Å². The number of benzene rings is 3. The zero-order valence-electron chi connectivity index (χ0n) is 13.2. The lowest BCUT2D eigenvalue weighted by atomic mass is 10.0. The summed E-state index contributed by atoms with van der Waals surface area (Å²) in [5, 5.41) is 22.3. The number of carbonyl (C=O) groups is 2. The lowest BCUT2D eigenvalue weighted by Crippen LogP contribution is -2.12. The van der Waals surface area contributed by atoms with Gasteiger partial charge in [-0.05, 0) is 26.7 Å². The molecule has 0 aliphatic rings. The number of aromatic nitrogens is 2. The summed E-state index contributed by atoms with van der Waals surface area (Å²) in [5.41, 5.74) is -0.291. The van der Waals surface area contributed by atoms with Crippen LogP contribution in [-0.2, 0) is 0 Å². The number of carboxylic acid groups (broad SMARTS) is 2. The van der Waals surface area contributed by atoms with Crippen LogP contribution in [0.2, 0.25) is 0 Å². The molecule has 0 atom stereocenters. The molecule has 0 amide bonds. The average molecular weight is 411 g/mol. The fourth-order valence-electron chi connectivity index (χ4n) is 3.19. The largest absolute Gasteiger partial charge is 0.476 e. The number of hydrogen-bond acceptors (Lipinski definition) is 3. The molecule has 26 heavy (non-hydrogen) atoms. The lowest BCUT2D eigenvalue weighted by molar-refractivity contribution is 0.0642. The van der Waals surface area contributed by atoms with E-state index >= 15 is 0 Å². The Bertz CT molecular complexity index is 1160. The van der Waals surface area contributed by atoms with Gasteiger partial charge in [0.15, 0.2) is 11.4 Å². The molecule has 0 aliphatic heterocycles. The second-order valence-corrected chi connectivity index (χ2v) is 6.47. The number of aromatic carboxylic acids is 2. The highest BCUT2D eigenvalue weighted by Crippen LogP contribution is 2.38. The van der Waals surface area contributed by atoms with E-state index in [4.69, 9.17) is 0 Å². The van der Waals surface area contributed by atoms with Gasteiger partial charge >= 0.3 is 11.9 Å². The van der Waals surface area contributed by atoms with Crippen molar-refractivity contribution in [3.05, 3.63) is 70.7 Å². The fraction of sp³-hybridized carbons (Fsp3) is 0. The number of carboxylic acids is 2. The molecule has 0 unspecified atom stereocenters. The summed E-state index contributed by atoms with van der Waals surface area (Å²) < 4.78 is 2.23. The SMILES string of the molecule is O=C(O)c1ncn(-c2c3ccccc3c(Br)c3ccccc23)c1C(=O)O. The normalized spacial score (nSPS) is 11.1. The van der Waals surface area contributed by atoms with Crippen molar-refractivity contribution in [2.75, 3.05) is 0 Å². The quantitative estimate of drug-likeness (QED) is 0.490. The maximum Gasteiger partial charge on any atom is 0.357 e. The highest BCUT2D eigenvalue weighted by atomic mass is 79.9. The first kappa shape index (κ1) is 16.3. The minimum absolute atomic E-state index is 0.380. The van der Waals surface area contributed by atoms with Gasteiger partial charge in [-0.15, -0.1) is 0 Å². The van der Waals surface area contributed by atoms with Crippen molar-refractivity contribution in [2.24, 2.45) is 0 Å². The summed E-state index contributed by atoms with van der Waals surface area (Å²) in [6.07, 6.45) is 1.25. The van der Waals surface area contributed by atoms with Gasteiger partial charge in [0, 0.05) is 15.2 Å². The Morgan fingerprint density at radius 3 is 1.81 bits per heavy atom. The van der Waals surface area contributed by atoms with E-state index in [1.165, 1.54) is 10.9 Å². The lowest BCUT2D eigenvalue weighted by Gasteiger charge is -2.15. The molecule has 0 aliphatic carbocycles. The van der Waals surface area contributed by atoms with Crippen LogP contribution < -0.4 is 0 Å². The predicted molar refractivity (Wildman–Crippen MR) is 100 cm³/mol. The molecule has 128 valence electrons. The Morgan fingerprint density at radius 1 is 0.846 bits per heavy atom. The minimum Gasteiger partial charge on any atom is -0.476 e. The molecule has 0 radical (unpaired) electrons. The van der Waals surface area contributed by atoms with Gasteiger partial charge in [0.1, 0.15) is 6.33 Å². The third-order valence-corrected chi connectivity index (χ3v) is 5.11. The Balaban J connectivity index is 2.24. The molecule has 0 spiro atoms. The van der Waals surface area contributed by atoms with Crippen molar-refractivity contribution in [3.63, 3.8) is 0 Å². The van der Waals surface area contributed by atoms with Crippen LogP contribution in [0.15, 0.2) is 59.3 Å². The van der Waals surface area contributed by atoms with Crippen LogP contribution in [0, 0.1) is 0 Å². The van der Waals surface area contributed by atoms with Gasteiger partial charge in [0.2, 0.25) is 0 Å². The third kappa shape index (κ3) is 2.28. The summed E-state index contributed by atoms with van der Waals surface area (Å²) in [5.74, 6) is -2.73. The molecule has 0 saturated heterocycles. The maximum absolute atomic E-state index is 11.8. The molecule has 0 bridgehead atoms. The van der Waals surface area contributed by atoms with E-state index in [-0.39, 0.29) is 5.69 Å². The molecule has 2 N–H and O–H groups in total. The van der Waals surface area contributed by atoms with Crippen molar-refractivity contribution in [1.29, 1.82) is 0 Å². The Morgan fingerprint density at radius 2 is 1.35 bits per heavy atom. The summed E-state index contributed by atoms with van der Waals surface area (Å²) in [6, 6.07) is 15.1. The molecule has 0 saturated carbocycles. The monoisotopic (exact) mass is 410 g/mol. The Hall–Kier alpha value is -3.19. The van der Waals surface area contributed by atoms with Crippen LogP contribution in [0.3, 0.4) is 0 Å². The van der Waals surface area contributed by atoms with Gasteiger partial charge in [0.25, 0.3) is 0 Å². The van der Waals surface area contributed by atoms with Gasteiger partial charge in [0.05, 0.1) is 5.69 Å². The van der Waals surface area contributed by atoms with Crippen LogP contribution in [0.5, 0.6) is 0 Å². The van der Waals surface area contributed by atoms with E-state index in [0.29, 0.717) is 5.69 Å². The number of nitrogens with zero attached hydrogens (tertiary/aromatic N) is 2. The highest BCUT2D eigenvalue weighted by Gasteiger charge is 2.26. The van der Waals surface area contributed by atoms with Gasteiger partial charge in [-0.3, -0.25) is 4.57 Å². The van der Waals surface area contributed by atoms with Gasteiger partial charge in [-0.2, -0.15) is 0 Å². The third-order valence-electron chi connectivity index (χ3n) is 4.25. The first-order valence-electron chi connectivity index (χ1n) is 7.64. The van der Waals surface area contributed by atoms with Gasteiger partial charge in [-0.1, -0.05) is 48.5 Å². The van der Waals surface area contributed by atoms with Crippen LogP contribution in [0.4, 0.5) is 0 Å². The van der Waals surface area contributed by atoms with Crippen molar-refractivity contribution >= 4 is 49.4 Å². The first-order chi connectivity index (χ1) is 12.5. The molecule has 1 heterocycles. The highest BCUT2D eigenvalue weighted by molar-refractivity contribution is 9.10. The number of imidazole rings is 1. The fourth-order valence-corrected chi connectivity index (χ4v) is 3.88. The van der Waals surface area contributed by atoms with Crippen LogP contribution in [-0.4, -0.2) is 31.7 Å². The molecule has 4 rings (SSSR count). The summed E-state index contributed by atoms with van der Waals surface area (Å²) in [6.45, 7) is 0. The Labute approximate surface area is 155 Å². The maximum atomic E-state index is 11.8. The van der Waals surface area contributed by atoms with E-state index in [9.17, 15) is 19.8 Å². The average Bonchev–Trinajstić information content (AvgIpc) is 3.07. The molecular formula is C19H11BrN2O4. The number of rotatable bonds is 3. The van der Waals surface area contributed by atoms with Crippen molar-refractivity contribution in [3.8, 4) is 5.69 Å². The number of halogens is 1. The second kappa shape index (κ2) is 5.96.